The fourth-order valence-electron chi connectivity index (χ4n) is 0. The molecule has 0 unspecified atom stereocenters. The van der Waals surface area contributed by atoms with E-state index in [1.807, 2.05) is 54.2 Å². The lowest BCUT2D eigenvalue weighted by Crippen LogP contribution is -1.99. The molecule has 14 heavy (non-hydrogen) atoms. The highest BCUT2D eigenvalue weighted by Crippen LogP contribution is 1.47. The summed E-state index contributed by atoms with van der Waals surface area (Å²) in [6.07, 6.45) is 0. The van der Waals surface area contributed by atoms with Crippen LogP contribution in [0, 0.1) is 0 Å². The maximum absolute atomic E-state index is 9.00. The quantitative estimate of drug-likeness (QED) is 0.387. The van der Waals surface area contributed by atoms with Gasteiger partial charge in [-0.25, -0.2) is 0 Å². The van der Waals surface area contributed by atoms with Crippen LogP contribution in [0.25, 0.3) is 0 Å². The fraction of sp³-hybridized carbons (Fsp3) is 1.00. The number of nitrogens with one attached hydrogen (secondary N) is 2. The lowest BCUT2D eigenvalue weighted by molar-refractivity contribution is 0.505. The molecule has 2 radical (unpaired) electrons. The highest BCUT2D eigenvalue weighted by atomic mass is 19.2. The molecule has 0 saturated heterocycles. The van der Waals surface area contributed by atoms with Gasteiger partial charge in [0.2, 0.25) is 0 Å². The van der Waals surface area contributed by atoms with Crippen molar-refractivity contribution in [2.45, 2.75) is 6.80 Å². The number of nitrogens with two attached hydrogens (primary N) is 1. The Labute approximate surface area is 92.2 Å². The first-order chi connectivity index (χ1) is 6.97. The number of hydrogen-bond acceptors (Lipinski definition) is 4. The summed E-state index contributed by atoms with van der Waals surface area (Å²) in [5.74, 6) is 3.00. The van der Waals surface area contributed by atoms with E-state index < -0.39 is 0 Å². The normalized spacial score (nSPS) is 6.86. The molecule has 0 amide bonds. The predicted molar refractivity (Wildman–Crippen MR) is 66.5 cm³/mol. The Morgan fingerprint density at radius 3 is 1.07 bits per heavy atom. The predicted octanol–water partition coefficient (Wildman–Crippen LogP) is -0.118. The zero-order chi connectivity index (χ0) is 13.7. The van der Waals surface area contributed by atoms with Crippen LogP contribution in [0.1, 0.15) is 1.37 Å². The van der Waals surface area contributed by atoms with Gasteiger partial charge in [-0.15, -0.1) is 4.48 Å². The Kier molecular flexibility index (Phi) is 129. The van der Waals surface area contributed by atoms with Crippen molar-refractivity contribution < 1.29 is 5.85 Å². The van der Waals surface area contributed by atoms with E-state index in [0.29, 0.717) is 0 Å². The fourth-order valence-corrected chi connectivity index (χ4v) is 0. The van der Waals surface area contributed by atoms with E-state index in [1.54, 1.807) is 0 Å². The van der Waals surface area contributed by atoms with E-state index >= 15 is 0 Å². The summed E-state index contributed by atoms with van der Waals surface area (Å²) in [5, 5.41) is 5.50. The molecule has 4 N–H and O–H groups in total. The Morgan fingerprint density at radius 2 is 1.07 bits per heavy atom. The van der Waals surface area contributed by atoms with Crippen LogP contribution in [-0.4, -0.2) is 62.1 Å². The molecule has 6 heteroatoms. The van der Waals surface area contributed by atoms with Crippen molar-refractivity contribution in [3.05, 3.63) is 0 Å². The van der Waals surface area contributed by atoms with Crippen molar-refractivity contribution in [3.63, 3.8) is 0 Å². The van der Waals surface area contributed by atoms with Crippen molar-refractivity contribution in [3.8, 4) is 0 Å². The van der Waals surface area contributed by atoms with E-state index in [0.717, 1.165) is 0 Å². The van der Waals surface area contributed by atoms with Gasteiger partial charge in [-0.05, 0) is 49.3 Å². The zero-order valence-electron chi connectivity index (χ0n) is 11.7. The Bertz CT molecular complexity index is 48.1. The molecule has 0 atom stereocenters. The minimum Gasteiger partial charge on any atom is -0.323 e. The summed E-state index contributed by atoms with van der Waals surface area (Å²) < 4.78 is 15.0. The molecule has 0 rings (SSSR count). The van der Waals surface area contributed by atoms with Gasteiger partial charge in [0, 0.05) is 1.37 Å². The van der Waals surface area contributed by atoms with E-state index in [1.165, 1.54) is 0 Å². The maximum Gasteiger partial charge on any atom is 0.0606 e. The van der Waals surface area contributed by atoms with Crippen LogP contribution < -0.4 is 16.6 Å². The molecule has 0 bridgehead atoms. The summed E-state index contributed by atoms with van der Waals surface area (Å²) in [4.78, 5) is 2.00. The van der Waals surface area contributed by atoms with Gasteiger partial charge in [0.1, 0.15) is 0 Å². The molecule has 90 valence electrons. The largest absolute Gasteiger partial charge is 0.323 e. The van der Waals surface area contributed by atoms with Gasteiger partial charge in [-0.3, -0.25) is 0 Å². The van der Waals surface area contributed by atoms with Crippen molar-refractivity contribution in [1.29, 1.82) is 0 Å². The summed E-state index contributed by atoms with van der Waals surface area (Å²) in [6.45, 7) is 0. The summed E-state index contributed by atoms with van der Waals surface area (Å²) in [7, 11) is 18.0. The van der Waals surface area contributed by atoms with E-state index in [2.05, 4.69) is 24.4 Å². The molecule has 0 spiro atoms. The Hall–Kier alpha value is -0.165. The summed E-state index contributed by atoms with van der Waals surface area (Å²) >= 11 is 0. The molecular formula is C8H28BFN4. The van der Waals surface area contributed by atoms with Crippen LogP contribution in [0.5, 0.6) is 0 Å². The van der Waals surface area contributed by atoms with E-state index in [-0.39, 0.29) is 6.80 Å². The second-order valence-electron chi connectivity index (χ2n) is 2.34. The third kappa shape index (κ3) is 51000. The molecule has 4 nitrogen and oxygen atoms in total. The average Bonchev–Trinajstić information content (AvgIpc) is 2.09. The van der Waals surface area contributed by atoms with Crippen LogP contribution in [0.3, 0.4) is 0 Å². The Balaban J connectivity index is -0.0000000283. The average molecular weight is 212 g/mol. The zero-order valence-corrected chi connectivity index (χ0v) is 10.7. The summed E-state index contributed by atoms with van der Waals surface area (Å²) in [5.41, 5.74) is 0. The molecule has 0 fully saturated rings. The molecule has 0 aromatic rings. The molecule has 0 saturated carbocycles. The lowest BCUT2D eigenvalue weighted by Gasteiger charge is -1.90. The topological polar surface area (TPSA) is 53.3 Å². The molecule has 0 aliphatic rings. The first-order valence-corrected chi connectivity index (χ1v) is 3.97. The third-order valence-corrected chi connectivity index (χ3v) is 0. The van der Waals surface area contributed by atoms with Crippen molar-refractivity contribution >= 4 is 7.85 Å². The van der Waals surface area contributed by atoms with Gasteiger partial charge in [0.25, 0.3) is 0 Å². The summed E-state index contributed by atoms with van der Waals surface area (Å²) in [6, 6.07) is 0. The Morgan fingerprint density at radius 1 is 1.07 bits per heavy atom. The van der Waals surface area contributed by atoms with Gasteiger partial charge >= 0.3 is 0 Å². The first kappa shape index (κ1) is 23.6. The minimum absolute atomic E-state index is 0. The van der Waals surface area contributed by atoms with Gasteiger partial charge in [0.15, 0.2) is 0 Å². The molecule has 0 aromatic heterocycles. The van der Waals surface area contributed by atoms with Crippen LogP contribution in [0.4, 0.5) is 4.48 Å². The smallest absolute Gasteiger partial charge is 0.0606 e. The minimum atomic E-state index is 0. The highest BCUT2D eigenvalue weighted by Gasteiger charge is 1.58. The molecule has 0 aliphatic heterocycles. The second-order valence-corrected chi connectivity index (χ2v) is 2.34. The monoisotopic (exact) mass is 212 g/mol. The van der Waals surface area contributed by atoms with Crippen molar-refractivity contribution in [1.82, 2.24) is 15.5 Å². The number of halogens is 1. The highest BCUT2D eigenvalue weighted by molar-refractivity contribution is 6.05. The van der Waals surface area contributed by atoms with Crippen LogP contribution >= 0.6 is 0 Å². The van der Waals surface area contributed by atoms with Crippen molar-refractivity contribution in [2.24, 2.45) is 5.96 Å². The maximum atomic E-state index is 9.00. The van der Waals surface area contributed by atoms with E-state index in [9.17, 15) is 0 Å². The third-order valence-electron chi connectivity index (χ3n) is 0. The van der Waals surface area contributed by atoms with E-state index in [4.69, 9.17) is 5.85 Å². The number of rotatable bonds is 0. The number of hydrogen-bond donors (Lipinski definition) is 3. The van der Waals surface area contributed by atoms with Gasteiger partial charge in [-0.2, -0.15) is 5.96 Å². The van der Waals surface area contributed by atoms with Gasteiger partial charge in [0.05, 0.1) is 7.85 Å². The van der Waals surface area contributed by atoms with Gasteiger partial charge in [-0.1, -0.05) is 6.80 Å². The number of nitrogens with zero attached hydrogens (tertiary/aromatic N) is 1. The van der Waals surface area contributed by atoms with Crippen molar-refractivity contribution in [2.75, 3.05) is 49.3 Å². The van der Waals surface area contributed by atoms with Crippen LogP contribution in [0.15, 0.2) is 0 Å². The van der Waals surface area contributed by atoms with Crippen LogP contribution in [-0.2, 0) is 0 Å². The molecular weight excluding hydrogens is 182 g/mol. The standard InChI is InChI=1S/C3H9N.2C2H7N.CH3B.FH2N/c1-4(2)3;2*1-3-2;2*1-2/h1-3H3;2*3H,1-2H3;1H3;2H2/i;;;1T;. The van der Waals surface area contributed by atoms with Crippen LogP contribution in [0.2, 0.25) is 6.80 Å². The molecule has 0 aliphatic carbocycles. The lowest BCUT2D eigenvalue weighted by atomic mass is 10.2. The molecule has 0 aromatic carbocycles. The second kappa shape index (κ2) is 76.9. The first-order valence-electron chi connectivity index (χ1n) is 4.68. The molecule has 0 heterocycles. The SMILES string of the molecule is CN(C)C.CNC.CNC.NF.[3H]C[B]. The van der Waals surface area contributed by atoms with Gasteiger partial charge < -0.3 is 15.5 Å².